The molecule has 5 N–H and O–H groups in total. The lowest BCUT2D eigenvalue weighted by molar-refractivity contribution is -0.244. The number of ketones is 1. The van der Waals surface area contributed by atoms with Crippen LogP contribution in [0.25, 0.3) is 0 Å². The Kier molecular flexibility index (Phi) is 5.49. The molecule has 0 aromatic carbocycles. The van der Waals surface area contributed by atoms with Gasteiger partial charge in [-0.2, -0.15) is 0 Å². The second kappa shape index (κ2) is 7.02. The summed E-state index contributed by atoms with van der Waals surface area (Å²) < 4.78 is 0. The Hall–Kier alpha value is -0.610. The molecule has 156 valence electrons. The van der Waals surface area contributed by atoms with E-state index in [0.717, 1.165) is 0 Å². The molecule has 4 fully saturated rings. The summed E-state index contributed by atoms with van der Waals surface area (Å²) in [4.78, 5) is 17.6. The summed E-state index contributed by atoms with van der Waals surface area (Å²) in [5.41, 5.74) is -0.990. The molecule has 0 saturated carbocycles. The molecule has 0 aliphatic carbocycles. The summed E-state index contributed by atoms with van der Waals surface area (Å²) in [7, 11) is 0. The van der Waals surface area contributed by atoms with Crippen molar-refractivity contribution in [2.24, 2.45) is 22.7 Å². The minimum atomic E-state index is -1.65. The molecule has 8 heteroatoms. The molecule has 0 radical (unpaired) electrons. The van der Waals surface area contributed by atoms with Gasteiger partial charge in [0.05, 0.1) is 23.6 Å². The van der Waals surface area contributed by atoms with Crippen molar-refractivity contribution in [3.63, 3.8) is 0 Å². The normalized spacial score (nSPS) is 42.6. The molecule has 0 amide bonds. The fraction of sp³-hybridized carbons (Fsp3) is 0.947. The molecule has 4 aliphatic heterocycles. The summed E-state index contributed by atoms with van der Waals surface area (Å²) in [5.74, 6) is 0.619. The Labute approximate surface area is 160 Å². The van der Waals surface area contributed by atoms with Crippen LogP contribution in [-0.2, 0) is 4.79 Å². The van der Waals surface area contributed by atoms with Gasteiger partial charge in [0.2, 0.25) is 0 Å². The van der Waals surface area contributed by atoms with E-state index in [1.807, 2.05) is 0 Å². The van der Waals surface area contributed by atoms with Crippen molar-refractivity contribution in [1.82, 2.24) is 9.80 Å². The fourth-order valence-corrected chi connectivity index (χ4v) is 5.45. The highest BCUT2D eigenvalue weighted by Crippen LogP contribution is 2.54. The largest absolute Gasteiger partial charge is 0.394 e. The van der Waals surface area contributed by atoms with Crippen LogP contribution in [0, 0.1) is 22.7 Å². The number of nitrogens with zero attached hydrogens (tertiary/aromatic N) is 2. The van der Waals surface area contributed by atoms with Gasteiger partial charge >= 0.3 is 0 Å². The van der Waals surface area contributed by atoms with Crippen LogP contribution >= 0.6 is 0 Å². The topological polar surface area (TPSA) is 125 Å². The molecular formula is C19H34N2O6. The van der Waals surface area contributed by atoms with Crippen molar-refractivity contribution in [3.8, 4) is 0 Å². The van der Waals surface area contributed by atoms with Gasteiger partial charge in [-0.05, 0) is 11.8 Å². The van der Waals surface area contributed by atoms with E-state index >= 15 is 0 Å². The number of piperidine rings is 2. The summed E-state index contributed by atoms with van der Waals surface area (Å²) in [6.45, 7) is 9.59. The number of Topliss-reactive ketones (excluding diaryl/α,β-unsaturated/α-hetero) is 1. The lowest BCUT2D eigenvalue weighted by Crippen LogP contribution is -2.83. The molecule has 0 spiro atoms. The summed E-state index contributed by atoms with van der Waals surface area (Å²) in [6, 6.07) is 0. The molecule has 0 unspecified atom stereocenters. The predicted octanol–water partition coefficient (Wildman–Crippen LogP) is -1.75. The first-order valence-corrected chi connectivity index (χ1v) is 9.88. The van der Waals surface area contributed by atoms with Crippen molar-refractivity contribution in [2.45, 2.75) is 58.3 Å². The molecule has 0 aromatic rings. The van der Waals surface area contributed by atoms with Crippen LogP contribution in [-0.4, -0.2) is 104 Å². The van der Waals surface area contributed by atoms with Crippen LogP contribution in [0.2, 0.25) is 0 Å². The molecule has 4 atom stereocenters. The third kappa shape index (κ3) is 2.88. The van der Waals surface area contributed by atoms with Crippen LogP contribution in [0.4, 0.5) is 0 Å². The van der Waals surface area contributed by atoms with Gasteiger partial charge in [0, 0.05) is 26.2 Å². The molecular weight excluding hydrogens is 352 g/mol. The van der Waals surface area contributed by atoms with Crippen molar-refractivity contribution in [1.29, 1.82) is 0 Å². The molecule has 4 saturated heterocycles. The number of hydrogen-bond acceptors (Lipinski definition) is 8. The zero-order valence-corrected chi connectivity index (χ0v) is 16.6. The van der Waals surface area contributed by atoms with Crippen molar-refractivity contribution < 1.29 is 30.3 Å². The molecule has 0 aromatic heterocycles. The summed E-state index contributed by atoms with van der Waals surface area (Å²) >= 11 is 0. The highest BCUT2D eigenvalue weighted by atomic mass is 16.4. The first-order chi connectivity index (χ1) is 12.5. The lowest BCUT2D eigenvalue weighted by atomic mass is 9.53. The molecule has 4 aliphatic rings. The van der Waals surface area contributed by atoms with Gasteiger partial charge in [-0.1, -0.05) is 27.7 Å². The van der Waals surface area contributed by atoms with Crippen molar-refractivity contribution in [3.05, 3.63) is 0 Å². The second-order valence-corrected chi connectivity index (χ2v) is 9.40. The smallest absolute Gasteiger partial charge is 0.150 e. The number of hydrogen-bond donors (Lipinski definition) is 5. The monoisotopic (exact) mass is 386 g/mol. The summed E-state index contributed by atoms with van der Waals surface area (Å²) in [5, 5.41) is 49.8. The van der Waals surface area contributed by atoms with Crippen molar-refractivity contribution in [2.75, 3.05) is 32.8 Å². The van der Waals surface area contributed by atoms with Gasteiger partial charge in [0.25, 0.3) is 0 Å². The van der Waals surface area contributed by atoms with Gasteiger partial charge < -0.3 is 25.5 Å². The number of rotatable bonds is 7. The Bertz CT molecular complexity index is 537. The average molecular weight is 386 g/mol. The van der Waals surface area contributed by atoms with E-state index in [9.17, 15) is 25.2 Å². The van der Waals surface area contributed by atoms with Crippen LogP contribution in [0.15, 0.2) is 0 Å². The minimum Gasteiger partial charge on any atom is -0.394 e. The first-order valence-electron chi connectivity index (χ1n) is 9.88. The number of carbonyl (C=O) groups is 1. The maximum absolute atomic E-state index is 13.5. The van der Waals surface area contributed by atoms with Gasteiger partial charge in [-0.25, -0.2) is 0 Å². The van der Waals surface area contributed by atoms with Gasteiger partial charge in [0.15, 0.2) is 5.78 Å². The molecule has 4 heterocycles. The molecule has 8 nitrogen and oxygen atoms in total. The highest BCUT2D eigenvalue weighted by Gasteiger charge is 2.68. The third-order valence-electron chi connectivity index (χ3n) is 7.39. The van der Waals surface area contributed by atoms with Crippen molar-refractivity contribution >= 4 is 5.78 Å². The zero-order valence-electron chi connectivity index (χ0n) is 16.6. The minimum absolute atomic E-state index is 0.151. The average Bonchev–Trinajstić information content (AvgIpc) is 2.62. The molecule has 4 rings (SSSR count). The first kappa shape index (κ1) is 21.1. The van der Waals surface area contributed by atoms with Gasteiger partial charge in [0.1, 0.15) is 24.4 Å². The van der Waals surface area contributed by atoms with Crippen LogP contribution in [0.3, 0.4) is 0 Å². The number of carbonyl (C=O) groups excluding carboxylic acids is 1. The van der Waals surface area contributed by atoms with E-state index in [1.165, 1.54) is 0 Å². The van der Waals surface area contributed by atoms with Crippen LogP contribution in [0.5, 0.6) is 0 Å². The second-order valence-electron chi connectivity index (χ2n) is 9.40. The third-order valence-corrected chi connectivity index (χ3v) is 7.39. The number of aliphatic hydroxyl groups is 5. The fourth-order valence-electron chi connectivity index (χ4n) is 5.45. The predicted molar refractivity (Wildman–Crippen MR) is 97.6 cm³/mol. The Morgan fingerprint density at radius 3 is 1.63 bits per heavy atom. The van der Waals surface area contributed by atoms with Crippen LogP contribution < -0.4 is 0 Å². The molecule has 4 bridgehead atoms. The Balaban J connectivity index is 1.91. The lowest BCUT2D eigenvalue weighted by Gasteiger charge is -2.69. The maximum Gasteiger partial charge on any atom is 0.150 e. The van der Waals surface area contributed by atoms with E-state index in [2.05, 4.69) is 37.5 Å². The van der Waals surface area contributed by atoms with E-state index in [0.29, 0.717) is 32.0 Å². The summed E-state index contributed by atoms with van der Waals surface area (Å²) in [6.07, 6.45) is -6.64. The Morgan fingerprint density at radius 1 is 0.889 bits per heavy atom. The zero-order chi connectivity index (χ0) is 20.3. The standard InChI is InChI=1S/C19H34N2O6/c1-10(2)18-6-20-8-19(11(3)4,17(18)27)9-21(7-18)16(20)15(26)14(25)13(24)12(23)5-22/h10-16,22-26H,5-9H2,1-4H3/t12-,13+,14+,15+,16?,18?,19?/m0/s1. The van der Waals surface area contributed by atoms with Gasteiger partial charge in [-0.15, -0.1) is 0 Å². The van der Waals surface area contributed by atoms with E-state index < -0.39 is 48.0 Å². The van der Waals surface area contributed by atoms with E-state index in [4.69, 9.17) is 5.11 Å². The van der Waals surface area contributed by atoms with E-state index in [1.54, 1.807) is 0 Å². The highest BCUT2D eigenvalue weighted by molar-refractivity contribution is 5.94. The van der Waals surface area contributed by atoms with E-state index in [-0.39, 0.29) is 11.8 Å². The van der Waals surface area contributed by atoms with Crippen LogP contribution in [0.1, 0.15) is 27.7 Å². The maximum atomic E-state index is 13.5. The SMILES string of the molecule is CC(C)C12CN3CC(C(C)C)(CN(C1)C3[C@H](O)[C@H](O)[C@H](O)[C@@H](O)CO)C2=O. The number of aliphatic hydroxyl groups excluding tert-OH is 5. The Morgan fingerprint density at radius 2 is 1.30 bits per heavy atom. The molecule has 27 heavy (non-hydrogen) atoms. The van der Waals surface area contributed by atoms with Gasteiger partial charge in [-0.3, -0.25) is 14.6 Å². The quantitative estimate of drug-likeness (QED) is 0.349.